The first kappa shape index (κ1) is 33.7. The predicted molar refractivity (Wildman–Crippen MR) is 166 cm³/mol. The molecule has 6 unspecified atom stereocenters. The van der Waals surface area contributed by atoms with Gasteiger partial charge in [0.25, 0.3) is 0 Å². The van der Waals surface area contributed by atoms with Crippen molar-refractivity contribution >= 4 is 47.7 Å². The number of carbonyl (C=O) groups excluding carboxylic acids is 1. The van der Waals surface area contributed by atoms with Crippen LogP contribution in [0.15, 0.2) is 41.5 Å². The molecule has 16 heteroatoms. The van der Waals surface area contributed by atoms with E-state index in [0.29, 0.717) is 5.75 Å². The highest BCUT2D eigenvalue weighted by atomic mass is 32.5. The average Bonchev–Trinajstić information content (AvgIpc) is 3.18. The van der Waals surface area contributed by atoms with Crippen LogP contribution in [0, 0.1) is 5.41 Å². The standard InChI is InChI=1S/C28H38FN6O7PS/c1-7-38-23-20-22(32-26(30)33-23)35(14-13-31-20)25-28(6,37)21(29)19(41-25)15-40-43(44,42-18-11-9-8-10-12-18)34-17(2)24(36)39-16-27(3,4)5/h8-12,14,17,19,21,25,37H,7,15-16H2,1-6H3,(H,34,44)(H2,30,32,33). The number of nitrogens with two attached hydrogens (primary N) is 1. The van der Waals surface area contributed by atoms with Gasteiger partial charge in [-0.05, 0) is 50.1 Å². The van der Waals surface area contributed by atoms with Crippen LogP contribution >= 0.6 is 6.64 Å². The lowest BCUT2D eigenvalue weighted by atomic mass is 9.97. The fraction of sp³-hybridized carbons (Fsp3) is 0.536. The summed E-state index contributed by atoms with van der Waals surface area (Å²) in [4.78, 5) is 26.5. The Kier molecular flexibility index (Phi) is 10.3. The summed E-state index contributed by atoms with van der Waals surface area (Å²) in [5, 5.41) is 14.2. The topological polar surface area (TPSA) is 163 Å². The van der Waals surface area contributed by atoms with Crippen LogP contribution in [0.5, 0.6) is 11.6 Å². The number of nitrogen functional groups attached to an aromatic ring is 1. The number of aliphatic hydroxyl groups is 1. The summed E-state index contributed by atoms with van der Waals surface area (Å²) in [5.41, 5.74) is 3.78. The number of carbonyl (C=O) groups is 1. The zero-order valence-electron chi connectivity index (χ0n) is 25.4. The second-order valence-corrected chi connectivity index (χ2v) is 14.8. The molecule has 4 N–H and O–H groups in total. The van der Waals surface area contributed by atoms with Gasteiger partial charge in [0.15, 0.2) is 23.9 Å². The number of hydrogen-bond acceptors (Lipinski definition) is 13. The number of halogens is 1. The zero-order chi connectivity index (χ0) is 32.3. The second kappa shape index (κ2) is 13.5. The molecule has 44 heavy (non-hydrogen) atoms. The van der Waals surface area contributed by atoms with Gasteiger partial charge in [-0.2, -0.15) is 15.0 Å². The molecule has 0 aliphatic carbocycles. The maximum Gasteiger partial charge on any atom is 0.323 e. The number of benzene rings is 1. The summed E-state index contributed by atoms with van der Waals surface area (Å²) >= 11 is 5.75. The molecule has 0 bridgehead atoms. The highest BCUT2D eigenvalue weighted by molar-refractivity contribution is 8.09. The molecule has 2 aliphatic rings. The van der Waals surface area contributed by atoms with Crippen molar-refractivity contribution in [3.8, 4) is 11.6 Å². The third kappa shape index (κ3) is 7.91. The van der Waals surface area contributed by atoms with Crippen LogP contribution in [0.2, 0.25) is 0 Å². The fourth-order valence-corrected chi connectivity index (χ4v) is 6.71. The number of fused-ring (bicyclic) bond motifs is 1. The number of para-hydroxylation sites is 1. The Labute approximate surface area is 260 Å². The molecule has 4 rings (SSSR count). The smallest absolute Gasteiger partial charge is 0.323 e. The Morgan fingerprint density at radius 1 is 1.34 bits per heavy atom. The minimum Gasteiger partial charge on any atom is -0.476 e. The van der Waals surface area contributed by atoms with Crippen molar-refractivity contribution in [1.29, 1.82) is 0 Å². The molecule has 1 aromatic heterocycles. The van der Waals surface area contributed by atoms with Gasteiger partial charge in [-0.3, -0.25) is 9.69 Å². The Bertz CT molecular complexity index is 1450. The van der Waals surface area contributed by atoms with E-state index in [9.17, 15) is 9.90 Å². The molecule has 0 saturated carbocycles. The third-order valence-electron chi connectivity index (χ3n) is 6.42. The first-order valence-corrected chi connectivity index (χ1v) is 16.6. The number of anilines is 2. The number of ether oxygens (including phenoxy) is 3. The lowest BCUT2D eigenvalue weighted by molar-refractivity contribution is -0.148. The maximum atomic E-state index is 15.9. The van der Waals surface area contributed by atoms with Crippen LogP contribution in [-0.4, -0.2) is 76.9 Å². The molecule has 0 radical (unpaired) electrons. The highest BCUT2D eigenvalue weighted by Gasteiger charge is 2.57. The first-order valence-electron chi connectivity index (χ1n) is 14.0. The van der Waals surface area contributed by atoms with Crippen LogP contribution in [-0.2, 0) is 30.6 Å². The van der Waals surface area contributed by atoms with E-state index in [0.717, 1.165) is 0 Å². The zero-order valence-corrected chi connectivity index (χ0v) is 27.1. The van der Waals surface area contributed by atoms with Crippen LogP contribution in [0.4, 0.5) is 21.8 Å². The second-order valence-electron chi connectivity index (χ2n) is 11.6. The molecule has 1 saturated heterocycles. The van der Waals surface area contributed by atoms with E-state index in [4.69, 9.17) is 40.8 Å². The van der Waals surface area contributed by atoms with Gasteiger partial charge in [0.05, 0.1) is 26.0 Å². The third-order valence-corrected chi connectivity index (χ3v) is 8.92. The number of esters is 1. The van der Waals surface area contributed by atoms with Gasteiger partial charge in [0.2, 0.25) is 11.8 Å². The lowest BCUT2D eigenvalue weighted by Crippen LogP contribution is -2.51. The molecule has 6 atom stereocenters. The van der Waals surface area contributed by atoms with Crippen molar-refractivity contribution in [1.82, 2.24) is 15.1 Å². The molecule has 2 aliphatic heterocycles. The molecular formula is C28H38FN6O7PS. The number of hydrogen-bond donors (Lipinski definition) is 3. The summed E-state index contributed by atoms with van der Waals surface area (Å²) < 4.78 is 44.8. The quantitative estimate of drug-likeness (QED) is 0.224. The minimum absolute atomic E-state index is 0.106. The number of nitrogens with one attached hydrogen (secondary N) is 1. The van der Waals surface area contributed by atoms with Crippen molar-refractivity contribution < 1.29 is 37.5 Å². The first-order chi connectivity index (χ1) is 20.6. The number of alkyl halides is 1. The Morgan fingerprint density at radius 3 is 2.70 bits per heavy atom. The molecule has 13 nitrogen and oxygen atoms in total. The van der Waals surface area contributed by atoms with Crippen molar-refractivity contribution in [2.75, 3.05) is 30.5 Å². The summed E-state index contributed by atoms with van der Waals surface area (Å²) in [6.07, 6.45) is -3.19. The number of nitrogens with zero attached hydrogens (tertiary/aromatic N) is 4. The monoisotopic (exact) mass is 652 g/mol. The normalized spacial score (nSPS) is 24.8. The van der Waals surface area contributed by atoms with Gasteiger partial charge in [0, 0.05) is 5.87 Å². The van der Waals surface area contributed by atoms with Gasteiger partial charge in [0.1, 0.15) is 23.5 Å². The highest BCUT2D eigenvalue weighted by Crippen LogP contribution is 2.48. The maximum absolute atomic E-state index is 15.9. The van der Waals surface area contributed by atoms with Gasteiger partial charge < -0.3 is 34.1 Å². The Balaban J connectivity index is 1.54. The summed E-state index contributed by atoms with van der Waals surface area (Å²) in [6, 6.07) is 7.72. The lowest BCUT2D eigenvalue weighted by Gasteiger charge is -2.34. The molecule has 2 aromatic rings. The van der Waals surface area contributed by atoms with E-state index < -0.39 is 49.4 Å². The molecule has 3 heterocycles. The molecule has 1 fully saturated rings. The van der Waals surface area contributed by atoms with Gasteiger partial charge >= 0.3 is 12.6 Å². The van der Waals surface area contributed by atoms with Gasteiger partial charge in [-0.1, -0.05) is 39.0 Å². The molecule has 0 spiro atoms. The van der Waals surface area contributed by atoms with Crippen molar-refractivity contribution in [2.24, 2.45) is 10.4 Å². The van der Waals surface area contributed by atoms with E-state index in [1.807, 2.05) is 20.8 Å². The Morgan fingerprint density at radius 2 is 2.05 bits per heavy atom. The van der Waals surface area contributed by atoms with Crippen LogP contribution in [0.25, 0.3) is 0 Å². The fourth-order valence-electron chi connectivity index (χ4n) is 4.29. The summed E-state index contributed by atoms with van der Waals surface area (Å²) in [7, 11) is 0. The van der Waals surface area contributed by atoms with Gasteiger partial charge in [-0.25, -0.2) is 9.48 Å². The Hall–Kier alpha value is -3.16. The minimum atomic E-state index is -3.51. The predicted octanol–water partition coefficient (Wildman–Crippen LogP) is 3.79. The largest absolute Gasteiger partial charge is 0.476 e. The van der Waals surface area contributed by atoms with Gasteiger partial charge in [-0.15, -0.1) is 0 Å². The van der Waals surface area contributed by atoms with E-state index in [2.05, 4.69) is 25.9 Å². The molecule has 240 valence electrons. The van der Waals surface area contributed by atoms with E-state index >= 15 is 4.39 Å². The van der Waals surface area contributed by atoms with Crippen LogP contribution in [0.3, 0.4) is 0 Å². The van der Waals surface area contributed by atoms with E-state index in [-0.39, 0.29) is 42.0 Å². The molecular weight excluding hydrogens is 614 g/mol. The number of aromatic nitrogens is 2. The van der Waals surface area contributed by atoms with Crippen LogP contribution in [0.1, 0.15) is 41.5 Å². The number of rotatable bonds is 12. The average molecular weight is 653 g/mol. The van der Waals surface area contributed by atoms with E-state index in [1.165, 1.54) is 18.0 Å². The number of aliphatic imine (C=N–C) groups is 1. The molecule has 0 amide bonds. The van der Waals surface area contributed by atoms with Crippen molar-refractivity contribution in [3.05, 3.63) is 36.5 Å². The molecule has 1 aromatic carbocycles. The van der Waals surface area contributed by atoms with Crippen molar-refractivity contribution in [2.45, 2.75) is 71.7 Å². The van der Waals surface area contributed by atoms with Crippen LogP contribution < -0.4 is 25.0 Å². The van der Waals surface area contributed by atoms with E-state index in [1.54, 1.807) is 44.2 Å². The summed E-state index contributed by atoms with van der Waals surface area (Å²) in [6.45, 7) is 6.97. The summed E-state index contributed by atoms with van der Waals surface area (Å²) in [5.74, 6) is 2.64. The van der Waals surface area contributed by atoms with Crippen molar-refractivity contribution in [3.63, 3.8) is 0 Å². The SMILES string of the molecule is CCOc1nc(N)nc2c1N=C=CN2C1OC(COP(=S)(NC(C)C(=O)OCC(C)(C)C)Oc2ccccc2)C(F)C1(C)O.